The molecule has 0 spiro atoms. The first-order chi connectivity index (χ1) is 9.83. The molecule has 2 N–H and O–H groups in total. The van der Waals surface area contributed by atoms with E-state index in [0.717, 1.165) is 0 Å². The maximum atomic E-state index is 6.22. The molecule has 1 aliphatic rings. The van der Waals surface area contributed by atoms with Gasteiger partial charge in [0, 0.05) is 6.04 Å². The minimum atomic E-state index is 0.445. The highest BCUT2D eigenvalue weighted by molar-refractivity contribution is 4.70. The van der Waals surface area contributed by atoms with Gasteiger partial charge in [-0.2, -0.15) is 0 Å². The van der Waals surface area contributed by atoms with Crippen LogP contribution in [0.2, 0.25) is 0 Å². The summed E-state index contributed by atoms with van der Waals surface area (Å²) in [6.45, 7) is 6.14. The summed E-state index contributed by atoms with van der Waals surface area (Å²) in [5.74, 6) is 0. The summed E-state index contributed by atoms with van der Waals surface area (Å²) in [6.07, 6.45) is 17.9. The van der Waals surface area contributed by atoms with Crippen LogP contribution in [0.3, 0.4) is 0 Å². The molecule has 0 bridgehead atoms. The Hall–Kier alpha value is -0.0800. The molecule has 1 saturated heterocycles. The van der Waals surface area contributed by atoms with E-state index in [1.165, 1.54) is 103 Å². The molecule has 0 radical (unpaired) electrons. The molecule has 0 aromatic rings. The molecule has 0 aromatic heterocycles. The molecule has 0 amide bonds. The molecule has 1 fully saturated rings. The van der Waals surface area contributed by atoms with E-state index in [9.17, 15) is 0 Å². The Bertz CT molecular complexity index is 200. The monoisotopic (exact) mass is 282 g/mol. The molecule has 1 aliphatic heterocycles. The van der Waals surface area contributed by atoms with Gasteiger partial charge in [-0.25, -0.2) is 0 Å². The van der Waals surface area contributed by atoms with Crippen LogP contribution < -0.4 is 5.73 Å². The van der Waals surface area contributed by atoms with Crippen molar-refractivity contribution in [1.29, 1.82) is 0 Å². The van der Waals surface area contributed by atoms with Gasteiger partial charge < -0.3 is 10.6 Å². The molecule has 1 rings (SSSR count). The zero-order chi connectivity index (χ0) is 14.5. The number of unbranched alkanes of at least 4 members (excludes halogenated alkanes) is 8. The van der Waals surface area contributed by atoms with Gasteiger partial charge in [-0.15, -0.1) is 0 Å². The Morgan fingerprint density at radius 3 is 1.95 bits per heavy atom. The van der Waals surface area contributed by atoms with Gasteiger partial charge in [0.2, 0.25) is 0 Å². The zero-order valence-corrected chi connectivity index (χ0v) is 13.9. The first-order valence-corrected chi connectivity index (χ1v) is 9.31. The topological polar surface area (TPSA) is 29.3 Å². The number of hydrogen-bond acceptors (Lipinski definition) is 2. The van der Waals surface area contributed by atoms with Crippen LogP contribution >= 0.6 is 0 Å². The third-order valence-corrected chi connectivity index (χ3v) is 4.69. The van der Waals surface area contributed by atoms with E-state index in [2.05, 4.69) is 11.8 Å². The van der Waals surface area contributed by atoms with Gasteiger partial charge in [0.1, 0.15) is 0 Å². The van der Waals surface area contributed by atoms with Crippen LogP contribution in [0.15, 0.2) is 0 Å². The summed E-state index contributed by atoms with van der Waals surface area (Å²) in [7, 11) is 0. The molecule has 0 aromatic carbocycles. The van der Waals surface area contributed by atoms with Gasteiger partial charge >= 0.3 is 0 Å². The average molecular weight is 283 g/mol. The molecule has 0 aliphatic carbocycles. The molecule has 2 heteroatoms. The molecule has 0 saturated carbocycles. The largest absolute Gasteiger partial charge is 0.328 e. The van der Waals surface area contributed by atoms with Crippen molar-refractivity contribution >= 4 is 0 Å². The summed E-state index contributed by atoms with van der Waals surface area (Å²) >= 11 is 0. The SMILES string of the molecule is CCCCCCCCCCCC(N)CCN1CCCC1. The fraction of sp³-hybridized carbons (Fsp3) is 1.00. The van der Waals surface area contributed by atoms with Crippen molar-refractivity contribution in [3.63, 3.8) is 0 Å². The van der Waals surface area contributed by atoms with Crippen molar-refractivity contribution in [2.45, 2.75) is 96.4 Å². The van der Waals surface area contributed by atoms with E-state index in [1.54, 1.807) is 0 Å². The first-order valence-electron chi connectivity index (χ1n) is 9.31. The Kier molecular flexibility index (Phi) is 11.4. The predicted octanol–water partition coefficient (Wildman–Crippen LogP) is 4.72. The van der Waals surface area contributed by atoms with Gasteiger partial charge in [0.25, 0.3) is 0 Å². The Balaban J connectivity index is 1.78. The highest BCUT2D eigenvalue weighted by Crippen LogP contribution is 2.13. The average Bonchev–Trinajstić information content (AvgIpc) is 2.96. The van der Waals surface area contributed by atoms with Crippen LogP contribution in [0, 0.1) is 0 Å². The lowest BCUT2D eigenvalue weighted by molar-refractivity contribution is 0.316. The summed E-state index contributed by atoms with van der Waals surface area (Å²) in [6, 6.07) is 0.445. The van der Waals surface area contributed by atoms with Crippen molar-refractivity contribution < 1.29 is 0 Å². The molecule has 1 unspecified atom stereocenters. The number of likely N-dealkylation sites (tertiary alicyclic amines) is 1. The molecule has 2 nitrogen and oxygen atoms in total. The van der Waals surface area contributed by atoms with Crippen molar-refractivity contribution in [3.05, 3.63) is 0 Å². The maximum Gasteiger partial charge on any atom is 0.00510 e. The zero-order valence-electron chi connectivity index (χ0n) is 13.9. The lowest BCUT2D eigenvalue weighted by Gasteiger charge is -2.17. The lowest BCUT2D eigenvalue weighted by Crippen LogP contribution is -2.28. The van der Waals surface area contributed by atoms with Crippen molar-refractivity contribution in [3.8, 4) is 0 Å². The third kappa shape index (κ3) is 9.77. The molecular weight excluding hydrogens is 244 g/mol. The standard InChI is InChI=1S/C18H38N2/c1-2-3-4-5-6-7-8-9-10-13-18(19)14-17-20-15-11-12-16-20/h18H,2-17,19H2,1H3. The van der Waals surface area contributed by atoms with Gasteiger partial charge in [-0.05, 0) is 45.3 Å². The van der Waals surface area contributed by atoms with Crippen LogP contribution in [0.5, 0.6) is 0 Å². The molecule has 1 atom stereocenters. The van der Waals surface area contributed by atoms with Gasteiger partial charge in [0.15, 0.2) is 0 Å². The summed E-state index contributed by atoms with van der Waals surface area (Å²) in [5, 5.41) is 0. The van der Waals surface area contributed by atoms with Crippen molar-refractivity contribution in [2.75, 3.05) is 19.6 Å². The minimum Gasteiger partial charge on any atom is -0.328 e. The Morgan fingerprint density at radius 2 is 1.35 bits per heavy atom. The maximum absolute atomic E-state index is 6.22. The lowest BCUT2D eigenvalue weighted by atomic mass is 10.0. The number of hydrogen-bond donors (Lipinski definition) is 1. The second-order valence-electron chi connectivity index (χ2n) is 6.71. The van der Waals surface area contributed by atoms with Gasteiger partial charge in [-0.1, -0.05) is 64.7 Å². The van der Waals surface area contributed by atoms with Gasteiger partial charge in [-0.3, -0.25) is 0 Å². The van der Waals surface area contributed by atoms with Crippen LogP contribution in [0.25, 0.3) is 0 Å². The number of rotatable bonds is 13. The van der Waals surface area contributed by atoms with Gasteiger partial charge in [0.05, 0.1) is 0 Å². The van der Waals surface area contributed by atoms with Crippen LogP contribution in [-0.2, 0) is 0 Å². The Morgan fingerprint density at radius 1 is 0.800 bits per heavy atom. The molecule has 120 valence electrons. The Labute approximate surface area is 127 Å². The van der Waals surface area contributed by atoms with Crippen molar-refractivity contribution in [1.82, 2.24) is 4.90 Å². The highest BCUT2D eigenvalue weighted by atomic mass is 15.1. The molecular formula is C18H38N2. The predicted molar refractivity (Wildman–Crippen MR) is 90.1 cm³/mol. The second-order valence-corrected chi connectivity index (χ2v) is 6.71. The third-order valence-electron chi connectivity index (χ3n) is 4.69. The summed E-state index contributed by atoms with van der Waals surface area (Å²) < 4.78 is 0. The normalized spacial score (nSPS) is 17.7. The summed E-state index contributed by atoms with van der Waals surface area (Å²) in [5.41, 5.74) is 6.22. The van der Waals surface area contributed by atoms with Crippen LogP contribution in [0.4, 0.5) is 0 Å². The van der Waals surface area contributed by atoms with Crippen LogP contribution in [0.1, 0.15) is 90.4 Å². The van der Waals surface area contributed by atoms with E-state index in [-0.39, 0.29) is 0 Å². The van der Waals surface area contributed by atoms with E-state index >= 15 is 0 Å². The van der Waals surface area contributed by atoms with E-state index < -0.39 is 0 Å². The molecule has 1 heterocycles. The second kappa shape index (κ2) is 12.6. The van der Waals surface area contributed by atoms with E-state index in [1.807, 2.05) is 0 Å². The van der Waals surface area contributed by atoms with Crippen LogP contribution in [-0.4, -0.2) is 30.6 Å². The van der Waals surface area contributed by atoms with Crippen molar-refractivity contribution in [2.24, 2.45) is 5.73 Å². The number of nitrogens with two attached hydrogens (primary N) is 1. The number of nitrogens with zero attached hydrogens (tertiary/aromatic N) is 1. The fourth-order valence-electron chi connectivity index (χ4n) is 3.22. The van der Waals surface area contributed by atoms with E-state index in [0.29, 0.717) is 6.04 Å². The molecule has 20 heavy (non-hydrogen) atoms. The smallest absolute Gasteiger partial charge is 0.00510 e. The first kappa shape index (κ1) is 18.0. The quantitative estimate of drug-likeness (QED) is 0.495. The highest BCUT2D eigenvalue weighted by Gasteiger charge is 2.12. The van der Waals surface area contributed by atoms with E-state index in [4.69, 9.17) is 5.73 Å². The fourth-order valence-corrected chi connectivity index (χ4v) is 3.22. The minimum absolute atomic E-state index is 0.445. The summed E-state index contributed by atoms with van der Waals surface area (Å²) in [4.78, 5) is 2.58.